The van der Waals surface area contributed by atoms with Crippen LogP contribution in [0.2, 0.25) is 0 Å². The van der Waals surface area contributed by atoms with Crippen molar-refractivity contribution >= 4 is 23.2 Å². The molecule has 1 aliphatic heterocycles. The van der Waals surface area contributed by atoms with Crippen LogP contribution in [0.1, 0.15) is 35.2 Å². The van der Waals surface area contributed by atoms with Crippen LogP contribution >= 0.6 is 0 Å². The van der Waals surface area contributed by atoms with Crippen LogP contribution in [0.4, 0.5) is 17.3 Å². The normalized spacial score (nSPS) is 13.8. The van der Waals surface area contributed by atoms with Crippen molar-refractivity contribution in [2.45, 2.75) is 25.8 Å². The van der Waals surface area contributed by atoms with Crippen molar-refractivity contribution in [3.05, 3.63) is 96.4 Å². The summed E-state index contributed by atoms with van der Waals surface area (Å²) in [6, 6.07) is 21.1. The number of nitrogens with one attached hydrogen (secondary N) is 2. The van der Waals surface area contributed by atoms with E-state index in [1.54, 1.807) is 18.6 Å². The molecule has 0 bridgehead atoms. The lowest BCUT2D eigenvalue weighted by Crippen LogP contribution is -2.29. The maximum absolute atomic E-state index is 12.8. The summed E-state index contributed by atoms with van der Waals surface area (Å²) in [4.78, 5) is 28.3. The summed E-state index contributed by atoms with van der Waals surface area (Å²) >= 11 is 0. The van der Waals surface area contributed by atoms with Crippen molar-refractivity contribution in [2.75, 3.05) is 23.7 Å². The molecule has 0 unspecified atom stereocenters. The second-order valence-electron chi connectivity index (χ2n) is 8.70. The number of pyridine rings is 1. The lowest BCUT2D eigenvalue weighted by Gasteiger charge is -2.26. The Labute approximate surface area is 205 Å². The SMILES string of the molecule is O=C(Nc1cccc(Nc2nccc(-c3cccnc3)n2)c1)c1ccc(CN2CCCCC2)cc1. The molecular weight excluding hydrogens is 436 g/mol. The van der Waals surface area contributed by atoms with Gasteiger partial charge in [-0.15, -0.1) is 0 Å². The maximum Gasteiger partial charge on any atom is 0.255 e. The van der Waals surface area contributed by atoms with Gasteiger partial charge in [-0.05, 0) is 80.0 Å². The number of amides is 1. The second kappa shape index (κ2) is 10.9. The van der Waals surface area contributed by atoms with Crippen LogP contribution in [0.15, 0.2) is 85.3 Å². The third-order valence-corrected chi connectivity index (χ3v) is 6.06. The highest BCUT2D eigenvalue weighted by molar-refractivity contribution is 6.04. The molecule has 1 amide bonds. The van der Waals surface area contributed by atoms with Crippen molar-refractivity contribution in [1.29, 1.82) is 0 Å². The first-order chi connectivity index (χ1) is 17.2. The van der Waals surface area contributed by atoms with Gasteiger partial charge in [0.05, 0.1) is 5.69 Å². The maximum atomic E-state index is 12.8. The van der Waals surface area contributed by atoms with E-state index in [0.29, 0.717) is 17.2 Å². The Morgan fingerprint density at radius 1 is 0.886 bits per heavy atom. The molecule has 2 N–H and O–H groups in total. The molecule has 2 aromatic carbocycles. The highest BCUT2D eigenvalue weighted by Crippen LogP contribution is 2.21. The molecule has 0 radical (unpaired) electrons. The van der Waals surface area contributed by atoms with Crippen molar-refractivity contribution < 1.29 is 4.79 Å². The Bertz CT molecular complexity index is 1270. The summed E-state index contributed by atoms with van der Waals surface area (Å²) in [5.41, 5.74) is 5.05. The lowest BCUT2D eigenvalue weighted by molar-refractivity contribution is 0.102. The molecular formula is C28H28N6O. The van der Waals surface area contributed by atoms with Gasteiger partial charge in [-0.3, -0.25) is 14.7 Å². The number of aromatic nitrogens is 3. The first-order valence-corrected chi connectivity index (χ1v) is 12.0. The van der Waals surface area contributed by atoms with E-state index in [-0.39, 0.29) is 5.91 Å². The monoisotopic (exact) mass is 464 g/mol. The van der Waals surface area contributed by atoms with Crippen molar-refractivity contribution in [3.63, 3.8) is 0 Å². The molecule has 1 fully saturated rings. The number of hydrogen-bond acceptors (Lipinski definition) is 6. The van der Waals surface area contributed by atoms with Gasteiger partial charge < -0.3 is 10.6 Å². The van der Waals surface area contributed by atoms with E-state index in [0.717, 1.165) is 36.6 Å². The largest absolute Gasteiger partial charge is 0.324 e. The zero-order valence-electron chi connectivity index (χ0n) is 19.5. The van der Waals surface area contributed by atoms with Gasteiger partial charge in [0.15, 0.2) is 0 Å². The molecule has 0 atom stereocenters. The molecule has 1 aliphatic rings. The zero-order chi connectivity index (χ0) is 23.9. The number of rotatable bonds is 7. The van der Waals surface area contributed by atoms with Gasteiger partial charge in [0, 0.05) is 47.6 Å². The highest BCUT2D eigenvalue weighted by atomic mass is 16.1. The molecule has 5 rings (SSSR count). The molecule has 1 saturated heterocycles. The summed E-state index contributed by atoms with van der Waals surface area (Å²) in [5, 5.41) is 6.20. The topological polar surface area (TPSA) is 83.0 Å². The number of carbonyl (C=O) groups is 1. The Hall–Kier alpha value is -4.10. The van der Waals surface area contributed by atoms with E-state index < -0.39 is 0 Å². The molecule has 2 aromatic heterocycles. The Balaban J connectivity index is 1.22. The van der Waals surface area contributed by atoms with Crippen LogP contribution in [0, 0.1) is 0 Å². The number of carbonyl (C=O) groups excluding carboxylic acids is 1. The van der Waals surface area contributed by atoms with E-state index >= 15 is 0 Å². The fourth-order valence-electron chi connectivity index (χ4n) is 4.24. The molecule has 0 saturated carbocycles. The van der Waals surface area contributed by atoms with E-state index in [1.165, 1.54) is 24.8 Å². The number of nitrogens with zero attached hydrogens (tertiary/aromatic N) is 4. The minimum absolute atomic E-state index is 0.138. The first-order valence-electron chi connectivity index (χ1n) is 12.0. The van der Waals surface area contributed by atoms with Gasteiger partial charge in [0.25, 0.3) is 5.91 Å². The molecule has 0 spiro atoms. The molecule has 0 aliphatic carbocycles. The Morgan fingerprint density at radius 2 is 1.71 bits per heavy atom. The zero-order valence-corrected chi connectivity index (χ0v) is 19.5. The van der Waals surface area contributed by atoms with E-state index in [9.17, 15) is 4.79 Å². The number of likely N-dealkylation sites (tertiary alicyclic amines) is 1. The standard InChI is InChI=1S/C28H28N6O/c35-27(22-11-9-21(10-12-22)20-34-16-2-1-3-17-34)31-24-7-4-8-25(18-24)32-28-30-15-13-26(33-28)23-6-5-14-29-19-23/h4-15,18-19H,1-3,16-17,20H2,(H,31,35)(H,30,32,33). The Morgan fingerprint density at radius 3 is 2.51 bits per heavy atom. The number of anilines is 3. The fraction of sp³-hybridized carbons (Fsp3) is 0.214. The fourth-order valence-corrected chi connectivity index (χ4v) is 4.24. The number of piperidine rings is 1. The van der Waals surface area contributed by atoms with Crippen LogP contribution in [-0.4, -0.2) is 38.8 Å². The van der Waals surface area contributed by atoms with Gasteiger partial charge in [-0.25, -0.2) is 9.97 Å². The van der Waals surface area contributed by atoms with Crippen molar-refractivity contribution in [3.8, 4) is 11.3 Å². The molecule has 176 valence electrons. The Kier molecular flexibility index (Phi) is 7.05. The predicted octanol–water partition coefficient (Wildman–Crippen LogP) is 5.52. The minimum Gasteiger partial charge on any atom is -0.324 e. The van der Waals surface area contributed by atoms with Crippen LogP contribution in [-0.2, 0) is 6.54 Å². The summed E-state index contributed by atoms with van der Waals surface area (Å²) in [6.45, 7) is 3.26. The molecule has 7 nitrogen and oxygen atoms in total. The summed E-state index contributed by atoms with van der Waals surface area (Å²) in [7, 11) is 0. The highest BCUT2D eigenvalue weighted by Gasteiger charge is 2.12. The van der Waals surface area contributed by atoms with Gasteiger partial charge in [0.1, 0.15) is 0 Å². The second-order valence-corrected chi connectivity index (χ2v) is 8.70. The summed E-state index contributed by atoms with van der Waals surface area (Å²) < 4.78 is 0. The van der Waals surface area contributed by atoms with Crippen LogP contribution in [0.3, 0.4) is 0 Å². The van der Waals surface area contributed by atoms with Gasteiger partial charge in [-0.1, -0.05) is 24.6 Å². The predicted molar refractivity (Wildman–Crippen MR) is 139 cm³/mol. The van der Waals surface area contributed by atoms with Gasteiger partial charge in [-0.2, -0.15) is 0 Å². The van der Waals surface area contributed by atoms with Crippen LogP contribution in [0.5, 0.6) is 0 Å². The lowest BCUT2D eigenvalue weighted by atomic mass is 10.1. The molecule has 7 heteroatoms. The smallest absolute Gasteiger partial charge is 0.255 e. The first kappa shape index (κ1) is 22.7. The van der Waals surface area contributed by atoms with Crippen LogP contribution < -0.4 is 10.6 Å². The van der Waals surface area contributed by atoms with E-state index in [1.807, 2.05) is 66.7 Å². The number of benzene rings is 2. The molecule has 3 heterocycles. The third-order valence-electron chi connectivity index (χ3n) is 6.06. The van der Waals surface area contributed by atoms with Crippen LogP contribution in [0.25, 0.3) is 11.3 Å². The average Bonchev–Trinajstić information content (AvgIpc) is 2.91. The average molecular weight is 465 g/mol. The molecule has 4 aromatic rings. The van der Waals surface area contributed by atoms with Crippen molar-refractivity contribution in [1.82, 2.24) is 19.9 Å². The van der Waals surface area contributed by atoms with E-state index in [2.05, 4.69) is 30.5 Å². The molecule has 35 heavy (non-hydrogen) atoms. The van der Waals surface area contributed by atoms with Gasteiger partial charge in [0.2, 0.25) is 5.95 Å². The minimum atomic E-state index is -0.138. The number of hydrogen-bond donors (Lipinski definition) is 2. The quantitative estimate of drug-likeness (QED) is 0.375. The summed E-state index contributed by atoms with van der Waals surface area (Å²) in [5.74, 6) is 0.334. The third kappa shape index (κ3) is 6.07. The summed E-state index contributed by atoms with van der Waals surface area (Å²) in [6.07, 6.45) is 9.08. The van der Waals surface area contributed by atoms with Crippen molar-refractivity contribution in [2.24, 2.45) is 0 Å². The van der Waals surface area contributed by atoms with Gasteiger partial charge >= 0.3 is 0 Å². The van der Waals surface area contributed by atoms with E-state index in [4.69, 9.17) is 0 Å².